The predicted octanol–water partition coefficient (Wildman–Crippen LogP) is 2.62. The van der Waals surface area contributed by atoms with E-state index in [0.29, 0.717) is 18.8 Å². The Labute approximate surface area is 189 Å². The number of amides is 2. The zero-order valence-corrected chi connectivity index (χ0v) is 18.9. The molecule has 7 heteroatoms. The lowest BCUT2D eigenvalue weighted by Crippen LogP contribution is -2.51. The molecule has 2 aliphatic rings. The van der Waals surface area contributed by atoms with E-state index in [2.05, 4.69) is 47.2 Å². The summed E-state index contributed by atoms with van der Waals surface area (Å²) in [5, 5.41) is 12.3. The maximum atomic E-state index is 12.9. The molecule has 1 unspecified atom stereocenters. The Morgan fingerprint density at radius 3 is 2.44 bits per heavy atom. The molecule has 32 heavy (non-hydrogen) atoms. The highest BCUT2D eigenvalue weighted by atomic mass is 16.3. The number of hydrogen-bond donors (Lipinski definition) is 2. The van der Waals surface area contributed by atoms with Crippen molar-refractivity contribution in [2.75, 3.05) is 56.0 Å². The summed E-state index contributed by atoms with van der Waals surface area (Å²) in [4.78, 5) is 31.8. The van der Waals surface area contributed by atoms with Gasteiger partial charge in [-0.15, -0.1) is 0 Å². The second-order valence-electron chi connectivity index (χ2n) is 8.91. The fraction of sp³-hybridized carbons (Fsp3) is 0.440. The van der Waals surface area contributed by atoms with E-state index in [4.69, 9.17) is 0 Å². The SMILES string of the molecule is Cc1ccc(C)c(N2CCN(C(=O)CN3CCC(C(=O)Nc4ccc(O)cc4)C3)CC2)c1. The number of aromatic hydroxyl groups is 1. The number of anilines is 2. The Bertz CT molecular complexity index is 968. The van der Waals surface area contributed by atoms with Crippen molar-refractivity contribution in [2.45, 2.75) is 20.3 Å². The first kappa shape index (κ1) is 22.1. The molecule has 2 heterocycles. The first-order valence-electron chi connectivity index (χ1n) is 11.3. The molecule has 2 aliphatic heterocycles. The Morgan fingerprint density at radius 2 is 1.72 bits per heavy atom. The Hall–Kier alpha value is -3.06. The monoisotopic (exact) mass is 436 g/mol. The molecule has 2 N–H and O–H groups in total. The van der Waals surface area contributed by atoms with Gasteiger partial charge in [-0.1, -0.05) is 12.1 Å². The molecule has 170 valence electrons. The fourth-order valence-corrected chi connectivity index (χ4v) is 4.53. The molecule has 2 saturated heterocycles. The van der Waals surface area contributed by atoms with Crippen molar-refractivity contribution in [3.8, 4) is 5.75 Å². The third kappa shape index (κ3) is 5.22. The number of phenols is 1. The molecule has 0 spiro atoms. The quantitative estimate of drug-likeness (QED) is 0.705. The van der Waals surface area contributed by atoms with E-state index in [1.165, 1.54) is 16.8 Å². The number of nitrogens with zero attached hydrogens (tertiary/aromatic N) is 3. The van der Waals surface area contributed by atoms with Crippen molar-refractivity contribution in [2.24, 2.45) is 5.92 Å². The molecule has 0 radical (unpaired) electrons. The van der Waals surface area contributed by atoms with Gasteiger partial charge in [-0.2, -0.15) is 0 Å². The molecule has 7 nitrogen and oxygen atoms in total. The number of nitrogens with one attached hydrogen (secondary N) is 1. The van der Waals surface area contributed by atoms with Gasteiger partial charge < -0.3 is 20.2 Å². The second kappa shape index (κ2) is 9.61. The second-order valence-corrected chi connectivity index (χ2v) is 8.91. The Kier molecular flexibility index (Phi) is 6.65. The highest BCUT2D eigenvalue weighted by molar-refractivity contribution is 5.93. The molecule has 1 atom stereocenters. The minimum atomic E-state index is -0.127. The van der Waals surface area contributed by atoms with Crippen LogP contribution in [0.1, 0.15) is 17.5 Å². The highest BCUT2D eigenvalue weighted by Gasteiger charge is 2.31. The number of aryl methyl sites for hydroxylation is 2. The van der Waals surface area contributed by atoms with Crippen LogP contribution in [0.25, 0.3) is 0 Å². The van der Waals surface area contributed by atoms with E-state index in [9.17, 15) is 14.7 Å². The van der Waals surface area contributed by atoms with Crippen LogP contribution in [0, 0.1) is 19.8 Å². The number of phenolic OH excluding ortho intramolecular Hbond substituents is 1. The molecule has 2 aromatic rings. The van der Waals surface area contributed by atoms with E-state index < -0.39 is 0 Å². The largest absolute Gasteiger partial charge is 0.508 e. The maximum absolute atomic E-state index is 12.9. The van der Waals surface area contributed by atoms with Crippen molar-refractivity contribution in [3.63, 3.8) is 0 Å². The maximum Gasteiger partial charge on any atom is 0.236 e. The van der Waals surface area contributed by atoms with Crippen LogP contribution in [-0.2, 0) is 9.59 Å². The summed E-state index contributed by atoms with van der Waals surface area (Å²) in [5.41, 5.74) is 4.45. The average molecular weight is 437 g/mol. The summed E-state index contributed by atoms with van der Waals surface area (Å²) in [6.45, 7) is 9.09. The first-order valence-corrected chi connectivity index (χ1v) is 11.3. The lowest BCUT2D eigenvalue weighted by molar-refractivity contribution is -0.132. The van der Waals surface area contributed by atoms with Gasteiger partial charge in [0.15, 0.2) is 0 Å². The van der Waals surface area contributed by atoms with Crippen LogP contribution in [0.2, 0.25) is 0 Å². The van der Waals surface area contributed by atoms with Gasteiger partial charge in [-0.25, -0.2) is 0 Å². The van der Waals surface area contributed by atoms with E-state index >= 15 is 0 Å². The lowest BCUT2D eigenvalue weighted by atomic mass is 10.1. The fourth-order valence-electron chi connectivity index (χ4n) is 4.53. The number of benzene rings is 2. The molecule has 4 rings (SSSR count). The number of piperazine rings is 1. The molecule has 0 saturated carbocycles. The highest BCUT2D eigenvalue weighted by Crippen LogP contribution is 2.24. The van der Waals surface area contributed by atoms with Gasteiger partial charge in [-0.05, 0) is 68.3 Å². The number of hydrogen-bond acceptors (Lipinski definition) is 5. The Balaban J connectivity index is 1.24. The predicted molar refractivity (Wildman–Crippen MR) is 126 cm³/mol. The van der Waals surface area contributed by atoms with E-state index in [1.54, 1.807) is 24.3 Å². The van der Waals surface area contributed by atoms with Crippen molar-refractivity contribution in [1.29, 1.82) is 0 Å². The van der Waals surface area contributed by atoms with Crippen molar-refractivity contribution in [1.82, 2.24) is 9.80 Å². The summed E-state index contributed by atoms with van der Waals surface area (Å²) >= 11 is 0. The van der Waals surface area contributed by atoms with Crippen molar-refractivity contribution >= 4 is 23.2 Å². The smallest absolute Gasteiger partial charge is 0.236 e. The van der Waals surface area contributed by atoms with Crippen molar-refractivity contribution in [3.05, 3.63) is 53.6 Å². The van der Waals surface area contributed by atoms with Gasteiger partial charge in [0.05, 0.1) is 12.5 Å². The van der Waals surface area contributed by atoms with Crippen LogP contribution in [0.4, 0.5) is 11.4 Å². The van der Waals surface area contributed by atoms with Crippen LogP contribution in [0.3, 0.4) is 0 Å². The van der Waals surface area contributed by atoms with Crippen LogP contribution in [0.5, 0.6) is 5.75 Å². The van der Waals surface area contributed by atoms with Crippen LogP contribution < -0.4 is 10.2 Å². The first-order chi connectivity index (χ1) is 15.4. The molecular formula is C25H32N4O3. The lowest BCUT2D eigenvalue weighted by Gasteiger charge is -2.37. The van der Waals surface area contributed by atoms with E-state index in [0.717, 1.165) is 39.1 Å². The summed E-state index contributed by atoms with van der Waals surface area (Å²) in [6, 6.07) is 13.0. The van der Waals surface area contributed by atoms with Gasteiger partial charge in [0, 0.05) is 44.1 Å². The standard InChI is InChI=1S/C25H32N4O3/c1-18-3-4-19(2)23(15-18)28-11-13-29(14-12-28)24(31)17-27-10-9-20(16-27)25(32)26-21-5-7-22(30)8-6-21/h3-8,15,20,30H,9-14,16-17H2,1-2H3,(H,26,32). The topological polar surface area (TPSA) is 76.1 Å². The van der Waals surface area contributed by atoms with Crippen molar-refractivity contribution < 1.29 is 14.7 Å². The third-order valence-electron chi connectivity index (χ3n) is 6.47. The number of likely N-dealkylation sites (tertiary alicyclic amines) is 1. The minimum absolute atomic E-state index is 0.0345. The summed E-state index contributed by atoms with van der Waals surface area (Å²) < 4.78 is 0. The molecule has 0 aromatic heterocycles. The third-order valence-corrected chi connectivity index (χ3v) is 6.47. The zero-order chi connectivity index (χ0) is 22.7. The number of rotatable bonds is 5. The van der Waals surface area contributed by atoms with Gasteiger partial charge >= 0.3 is 0 Å². The normalized spacial score (nSPS) is 19.2. The molecule has 2 amide bonds. The molecule has 0 bridgehead atoms. The molecule has 2 fully saturated rings. The molecule has 2 aromatic carbocycles. The molecule has 0 aliphatic carbocycles. The zero-order valence-electron chi connectivity index (χ0n) is 18.9. The van der Waals surface area contributed by atoms with Gasteiger partial charge in [0.25, 0.3) is 0 Å². The van der Waals surface area contributed by atoms with E-state index in [1.807, 2.05) is 4.90 Å². The van der Waals surface area contributed by atoms with Gasteiger partial charge in [-0.3, -0.25) is 14.5 Å². The van der Waals surface area contributed by atoms with Crippen LogP contribution in [-0.4, -0.2) is 72.5 Å². The average Bonchev–Trinajstić information content (AvgIpc) is 3.26. The van der Waals surface area contributed by atoms with Crippen LogP contribution in [0.15, 0.2) is 42.5 Å². The minimum Gasteiger partial charge on any atom is -0.508 e. The van der Waals surface area contributed by atoms with Gasteiger partial charge in [0.1, 0.15) is 5.75 Å². The molecular weight excluding hydrogens is 404 g/mol. The number of carbonyl (C=O) groups excluding carboxylic acids is 2. The van der Waals surface area contributed by atoms with Gasteiger partial charge in [0.2, 0.25) is 11.8 Å². The summed E-state index contributed by atoms with van der Waals surface area (Å²) in [6.07, 6.45) is 0.748. The number of carbonyl (C=O) groups is 2. The Morgan fingerprint density at radius 1 is 1.00 bits per heavy atom. The summed E-state index contributed by atoms with van der Waals surface area (Å²) in [7, 11) is 0. The van der Waals surface area contributed by atoms with Crippen LogP contribution >= 0.6 is 0 Å². The van der Waals surface area contributed by atoms with E-state index in [-0.39, 0.29) is 23.5 Å². The summed E-state index contributed by atoms with van der Waals surface area (Å²) in [5.74, 6) is 0.152.